The third-order valence-electron chi connectivity index (χ3n) is 3.14. The maximum Gasteiger partial charge on any atom is 0.244 e. The van der Waals surface area contributed by atoms with Gasteiger partial charge in [0.2, 0.25) is 5.91 Å². The number of aliphatic hydroxyl groups excluding tert-OH is 1. The summed E-state index contributed by atoms with van der Waals surface area (Å²) in [4.78, 5) is 11.5. The molecule has 1 amide bonds. The summed E-state index contributed by atoms with van der Waals surface area (Å²) in [6.45, 7) is 2.93. The molecule has 2 N–H and O–H groups in total. The van der Waals surface area contributed by atoms with Gasteiger partial charge in [0.1, 0.15) is 0 Å². The van der Waals surface area contributed by atoms with Crippen molar-refractivity contribution in [2.45, 2.75) is 45.4 Å². The number of carbonyl (C=O) groups is 1. The number of hydrogen-bond acceptors (Lipinski definition) is 3. The molecule has 0 bridgehead atoms. The maximum absolute atomic E-state index is 11.5. The monoisotopic (exact) mass is 307 g/mol. The van der Waals surface area contributed by atoms with E-state index in [0.717, 1.165) is 30.3 Å². The van der Waals surface area contributed by atoms with Gasteiger partial charge in [-0.25, -0.2) is 0 Å². The van der Waals surface area contributed by atoms with E-state index in [1.807, 2.05) is 24.3 Å². The Labute approximate surface area is 131 Å². The first-order valence-corrected chi connectivity index (χ1v) is 8.51. The highest BCUT2D eigenvalue weighted by Gasteiger charge is 2.01. The second-order valence-electron chi connectivity index (χ2n) is 4.96. The molecule has 1 rings (SSSR count). The Balaban J connectivity index is 2.08. The highest BCUT2D eigenvalue weighted by molar-refractivity contribution is 8.05. The molecule has 0 spiro atoms. The van der Waals surface area contributed by atoms with Crippen molar-refractivity contribution in [3.63, 3.8) is 0 Å². The number of carbonyl (C=O) groups excluding carboxylic acids is 1. The Bertz CT molecular complexity index is 422. The van der Waals surface area contributed by atoms with Gasteiger partial charge in [-0.2, -0.15) is 0 Å². The number of allylic oxidation sites excluding steroid dienone is 5. The van der Waals surface area contributed by atoms with E-state index >= 15 is 0 Å². The molecule has 0 atom stereocenters. The molecule has 3 nitrogen and oxygen atoms in total. The molecule has 116 valence electrons. The lowest BCUT2D eigenvalue weighted by atomic mass is 10.1. The van der Waals surface area contributed by atoms with Gasteiger partial charge in [0.25, 0.3) is 0 Å². The summed E-state index contributed by atoms with van der Waals surface area (Å²) in [5.41, 5.74) is 0.775. The van der Waals surface area contributed by atoms with E-state index < -0.39 is 0 Å². The Morgan fingerprint density at radius 3 is 2.57 bits per heavy atom. The van der Waals surface area contributed by atoms with Gasteiger partial charge in [-0.05, 0) is 11.8 Å². The van der Waals surface area contributed by atoms with Gasteiger partial charge < -0.3 is 10.4 Å². The number of thioether (sulfide) groups is 1. The fraction of sp³-hybridized carbons (Fsp3) is 0.471. The van der Waals surface area contributed by atoms with Crippen LogP contribution in [0.2, 0.25) is 0 Å². The lowest BCUT2D eigenvalue weighted by Crippen LogP contribution is -2.21. The molecule has 4 heteroatoms. The minimum absolute atomic E-state index is 0.105. The van der Waals surface area contributed by atoms with Crippen LogP contribution in [0.15, 0.2) is 46.5 Å². The normalized spacial score (nSPS) is 13.3. The molecule has 0 aromatic rings. The van der Waals surface area contributed by atoms with E-state index in [1.165, 1.54) is 38.2 Å². The second-order valence-corrected chi connectivity index (χ2v) is 5.85. The van der Waals surface area contributed by atoms with E-state index in [4.69, 9.17) is 0 Å². The molecule has 21 heavy (non-hydrogen) atoms. The Morgan fingerprint density at radius 1 is 1.19 bits per heavy atom. The van der Waals surface area contributed by atoms with Gasteiger partial charge in [-0.1, -0.05) is 75.1 Å². The summed E-state index contributed by atoms with van der Waals surface area (Å²) in [7, 11) is 0. The minimum Gasteiger partial charge on any atom is -0.501 e. The summed E-state index contributed by atoms with van der Waals surface area (Å²) >= 11 is 1.15. The third-order valence-corrected chi connectivity index (χ3v) is 3.87. The van der Waals surface area contributed by atoms with Crippen LogP contribution in [0.5, 0.6) is 0 Å². The van der Waals surface area contributed by atoms with Crippen LogP contribution in [0.25, 0.3) is 0 Å². The van der Waals surface area contributed by atoms with Crippen LogP contribution < -0.4 is 5.32 Å². The first-order valence-electron chi connectivity index (χ1n) is 7.63. The van der Waals surface area contributed by atoms with Crippen LogP contribution in [0.4, 0.5) is 0 Å². The van der Waals surface area contributed by atoms with Crippen molar-refractivity contribution in [3.8, 4) is 0 Å². The van der Waals surface area contributed by atoms with E-state index in [2.05, 4.69) is 12.2 Å². The summed E-state index contributed by atoms with van der Waals surface area (Å²) < 4.78 is 0. The maximum atomic E-state index is 11.5. The lowest BCUT2D eigenvalue weighted by Gasteiger charge is -2.02. The third kappa shape index (κ3) is 8.45. The fourth-order valence-electron chi connectivity index (χ4n) is 1.92. The first kappa shape index (κ1) is 17.6. The van der Waals surface area contributed by atoms with Gasteiger partial charge in [0, 0.05) is 18.2 Å². The molecule has 0 saturated heterocycles. The van der Waals surface area contributed by atoms with E-state index in [-0.39, 0.29) is 11.0 Å². The molecular weight excluding hydrogens is 282 g/mol. The molecule has 0 fully saturated rings. The van der Waals surface area contributed by atoms with Gasteiger partial charge in [0.15, 0.2) is 5.09 Å². The average Bonchev–Trinajstić information content (AvgIpc) is 3.00. The summed E-state index contributed by atoms with van der Waals surface area (Å²) in [6, 6.07) is 0. The molecule has 1 aliphatic carbocycles. The summed E-state index contributed by atoms with van der Waals surface area (Å²) in [5, 5.41) is 14.4. The van der Waals surface area contributed by atoms with Gasteiger partial charge in [0.05, 0.1) is 0 Å². The zero-order valence-corrected chi connectivity index (χ0v) is 13.5. The molecule has 1 aliphatic rings. The topological polar surface area (TPSA) is 49.3 Å². The Kier molecular flexibility index (Phi) is 9.46. The predicted octanol–water partition coefficient (Wildman–Crippen LogP) is 4.61. The fourth-order valence-corrected chi connectivity index (χ4v) is 2.51. The van der Waals surface area contributed by atoms with Crippen molar-refractivity contribution >= 4 is 17.7 Å². The molecule has 0 radical (unpaired) electrons. The zero-order chi connectivity index (χ0) is 15.3. The van der Waals surface area contributed by atoms with Crippen LogP contribution in [0.3, 0.4) is 0 Å². The largest absolute Gasteiger partial charge is 0.501 e. The Hall–Kier alpha value is -1.42. The first-order chi connectivity index (χ1) is 10.2. The van der Waals surface area contributed by atoms with Gasteiger partial charge in [-0.15, -0.1) is 0 Å². The number of amides is 1. The lowest BCUT2D eigenvalue weighted by molar-refractivity contribution is -0.116. The van der Waals surface area contributed by atoms with Crippen molar-refractivity contribution in [3.05, 3.63) is 46.5 Å². The van der Waals surface area contributed by atoms with Crippen molar-refractivity contribution < 1.29 is 9.90 Å². The predicted molar refractivity (Wildman–Crippen MR) is 91.1 cm³/mol. The van der Waals surface area contributed by atoms with Crippen molar-refractivity contribution in [2.75, 3.05) is 6.54 Å². The standard InChI is InChI=1S/C17H25NO2S/c1-2-3-4-5-6-9-13-18-16(19)12-14-21-17(20)15-10-7-8-11-15/h7-8,10-12,14,20H,2-6,9,13H2,1H3,(H,18,19)/b14-12-. The van der Waals surface area contributed by atoms with E-state index in [1.54, 1.807) is 5.41 Å². The highest BCUT2D eigenvalue weighted by atomic mass is 32.2. The molecule has 0 unspecified atom stereocenters. The summed E-state index contributed by atoms with van der Waals surface area (Å²) in [6.07, 6.45) is 16.1. The number of rotatable bonds is 10. The molecule has 0 heterocycles. The minimum atomic E-state index is -0.105. The molecular formula is C17H25NO2S. The average molecular weight is 307 g/mol. The summed E-state index contributed by atoms with van der Waals surface area (Å²) in [5.74, 6) is -0.105. The molecule has 0 aliphatic heterocycles. The highest BCUT2D eigenvalue weighted by Crippen LogP contribution is 2.22. The van der Waals surface area contributed by atoms with E-state index in [0.29, 0.717) is 0 Å². The van der Waals surface area contributed by atoms with Gasteiger partial charge in [-0.3, -0.25) is 4.79 Å². The number of aliphatic hydroxyl groups is 1. The van der Waals surface area contributed by atoms with Crippen LogP contribution in [-0.2, 0) is 4.79 Å². The van der Waals surface area contributed by atoms with Crippen molar-refractivity contribution in [2.24, 2.45) is 0 Å². The number of nitrogens with one attached hydrogen (secondary N) is 1. The zero-order valence-electron chi connectivity index (χ0n) is 12.7. The SMILES string of the molecule is CCCCCCCCNC(=O)/C=C\SC(O)=C1C=CC=C1. The van der Waals surface area contributed by atoms with Crippen molar-refractivity contribution in [1.29, 1.82) is 0 Å². The van der Waals surface area contributed by atoms with Crippen LogP contribution in [0, 0.1) is 0 Å². The van der Waals surface area contributed by atoms with E-state index in [9.17, 15) is 9.90 Å². The second kappa shape index (κ2) is 11.3. The number of unbranched alkanes of at least 4 members (excludes halogenated alkanes) is 5. The quantitative estimate of drug-likeness (QED) is 0.352. The Morgan fingerprint density at radius 2 is 1.86 bits per heavy atom. The molecule has 0 aromatic heterocycles. The van der Waals surface area contributed by atoms with Crippen LogP contribution in [0.1, 0.15) is 45.4 Å². The van der Waals surface area contributed by atoms with Gasteiger partial charge >= 0.3 is 0 Å². The smallest absolute Gasteiger partial charge is 0.244 e. The molecule has 0 aromatic carbocycles. The van der Waals surface area contributed by atoms with Crippen molar-refractivity contribution in [1.82, 2.24) is 5.32 Å². The van der Waals surface area contributed by atoms with Crippen LogP contribution >= 0.6 is 11.8 Å². The number of hydrogen-bond donors (Lipinski definition) is 2. The van der Waals surface area contributed by atoms with Crippen LogP contribution in [-0.4, -0.2) is 17.6 Å². The molecule has 0 saturated carbocycles.